The Balaban J connectivity index is 2.00. The van der Waals surface area contributed by atoms with E-state index in [4.69, 9.17) is 5.26 Å². The van der Waals surface area contributed by atoms with Gasteiger partial charge in [0.2, 0.25) is 11.8 Å². The monoisotopic (exact) mass is 371 g/mol. The van der Waals surface area contributed by atoms with E-state index in [2.05, 4.69) is 26.6 Å². The maximum atomic E-state index is 12.1. The normalized spacial score (nSPS) is 9.74. The molecular weight excluding hydrogens is 358 g/mol. The van der Waals surface area contributed by atoms with E-state index in [1.165, 1.54) is 0 Å². The van der Waals surface area contributed by atoms with E-state index in [-0.39, 0.29) is 24.7 Å². The second kappa shape index (κ2) is 8.11. The molecule has 0 saturated carbocycles. The van der Waals surface area contributed by atoms with Gasteiger partial charge in [-0.2, -0.15) is 5.26 Å². The van der Waals surface area contributed by atoms with Gasteiger partial charge in [0.05, 0.1) is 12.5 Å². The number of carbonyl (C=O) groups excluding carboxylic acids is 2. The van der Waals surface area contributed by atoms with E-state index in [0.29, 0.717) is 11.4 Å². The Bertz CT molecular complexity index is 768. The van der Waals surface area contributed by atoms with Gasteiger partial charge >= 0.3 is 0 Å². The molecule has 116 valence electrons. The molecule has 0 aliphatic carbocycles. The van der Waals surface area contributed by atoms with Crippen LogP contribution in [0.4, 0.5) is 11.4 Å². The molecule has 0 aliphatic heterocycles. The summed E-state index contributed by atoms with van der Waals surface area (Å²) in [5, 5.41) is 13.9. The molecule has 0 atom stereocenters. The van der Waals surface area contributed by atoms with Crippen molar-refractivity contribution in [1.29, 1.82) is 5.26 Å². The van der Waals surface area contributed by atoms with Crippen molar-refractivity contribution in [2.24, 2.45) is 0 Å². The largest absolute Gasteiger partial charge is 0.326 e. The summed E-state index contributed by atoms with van der Waals surface area (Å²) in [6.07, 6.45) is 0.0328. The summed E-state index contributed by atoms with van der Waals surface area (Å²) in [6, 6.07) is 16.1. The maximum absolute atomic E-state index is 12.1. The van der Waals surface area contributed by atoms with Gasteiger partial charge in [-0.25, -0.2) is 0 Å². The van der Waals surface area contributed by atoms with Crippen LogP contribution in [0.3, 0.4) is 0 Å². The average Bonchev–Trinajstić information content (AvgIpc) is 2.50. The molecule has 0 saturated heterocycles. The predicted molar refractivity (Wildman–Crippen MR) is 91.8 cm³/mol. The number of carbonyl (C=O) groups is 2. The van der Waals surface area contributed by atoms with Crippen LogP contribution in [0.25, 0.3) is 0 Å². The number of amides is 2. The van der Waals surface area contributed by atoms with Gasteiger partial charge in [-0.05, 0) is 29.8 Å². The molecule has 0 unspecified atom stereocenters. The highest BCUT2D eigenvalue weighted by Gasteiger charge is 2.08. The van der Waals surface area contributed by atoms with Gasteiger partial charge in [-0.1, -0.05) is 40.2 Å². The molecule has 2 aromatic carbocycles. The Morgan fingerprint density at radius 1 is 1.00 bits per heavy atom. The van der Waals surface area contributed by atoms with Crippen molar-refractivity contribution in [1.82, 2.24) is 0 Å². The summed E-state index contributed by atoms with van der Waals surface area (Å²) in [4.78, 5) is 23.5. The van der Waals surface area contributed by atoms with E-state index in [1.54, 1.807) is 30.3 Å². The van der Waals surface area contributed by atoms with E-state index >= 15 is 0 Å². The first-order chi connectivity index (χ1) is 11.1. The molecule has 2 amide bonds. The first-order valence-electron chi connectivity index (χ1n) is 6.88. The second-order valence-corrected chi connectivity index (χ2v) is 5.63. The fraction of sp³-hybridized carbons (Fsp3) is 0.118. The molecule has 0 fully saturated rings. The van der Waals surface area contributed by atoms with Crippen molar-refractivity contribution in [3.63, 3.8) is 0 Å². The molecule has 0 radical (unpaired) electrons. The van der Waals surface area contributed by atoms with E-state index in [9.17, 15) is 9.59 Å². The number of rotatable bonds is 5. The van der Waals surface area contributed by atoms with Crippen molar-refractivity contribution in [3.05, 3.63) is 58.6 Å². The summed E-state index contributed by atoms with van der Waals surface area (Å²) < 4.78 is 0.882. The number of nitriles is 1. The molecule has 6 heteroatoms. The highest BCUT2D eigenvalue weighted by atomic mass is 79.9. The molecular formula is C17H14BrN3O2. The van der Waals surface area contributed by atoms with Gasteiger partial charge in [0.15, 0.2) is 0 Å². The minimum Gasteiger partial charge on any atom is -0.326 e. The van der Waals surface area contributed by atoms with Gasteiger partial charge in [-0.3, -0.25) is 9.59 Å². The minimum atomic E-state index is -0.385. The van der Waals surface area contributed by atoms with Crippen LogP contribution in [0.2, 0.25) is 0 Å². The van der Waals surface area contributed by atoms with Crippen LogP contribution in [0, 0.1) is 11.3 Å². The number of halogens is 1. The molecule has 0 aromatic heterocycles. The summed E-state index contributed by atoms with van der Waals surface area (Å²) in [7, 11) is 0. The lowest BCUT2D eigenvalue weighted by molar-refractivity contribution is -0.116. The zero-order valence-corrected chi connectivity index (χ0v) is 13.8. The van der Waals surface area contributed by atoms with E-state index in [0.717, 1.165) is 10.0 Å². The third-order valence-corrected chi connectivity index (χ3v) is 3.75. The van der Waals surface area contributed by atoms with Crippen molar-refractivity contribution >= 4 is 39.1 Å². The quantitative estimate of drug-likeness (QED) is 0.843. The minimum absolute atomic E-state index is 0.155. The summed E-state index contributed by atoms with van der Waals surface area (Å²) in [5.74, 6) is -0.540. The third kappa shape index (κ3) is 5.24. The van der Waals surface area contributed by atoms with Crippen LogP contribution in [-0.2, 0) is 16.0 Å². The van der Waals surface area contributed by atoms with Gasteiger partial charge in [0.1, 0.15) is 6.42 Å². The molecule has 0 spiro atoms. The van der Waals surface area contributed by atoms with Gasteiger partial charge in [0.25, 0.3) is 0 Å². The zero-order valence-electron chi connectivity index (χ0n) is 12.2. The molecule has 0 aliphatic rings. The lowest BCUT2D eigenvalue weighted by atomic mass is 10.1. The molecule has 0 bridgehead atoms. The Hall–Kier alpha value is -2.65. The highest BCUT2D eigenvalue weighted by molar-refractivity contribution is 9.10. The number of anilines is 2. The highest BCUT2D eigenvalue weighted by Crippen LogP contribution is 2.18. The molecule has 2 aromatic rings. The topological polar surface area (TPSA) is 82.0 Å². The van der Waals surface area contributed by atoms with E-state index < -0.39 is 0 Å². The lowest BCUT2D eigenvalue weighted by Gasteiger charge is -2.09. The van der Waals surface area contributed by atoms with Gasteiger partial charge in [0, 0.05) is 15.8 Å². The Morgan fingerprint density at radius 2 is 1.65 bits per heavy atom. The van der Waals surface area contributed by atoms with Crippen LogP contribution in [0.5, 0.6) is 0 Å². The van der Waals surface area contributed by atoms with Crippen LogP contribution in [0.15, 0.2) is 53.0 Å². The predicted octanol–water partition coefficient (Wildman–Crippen LogP) is 3.48. The number of hydrogen-bond acceptors (Lipinski definition) is 3. The molecule has 2 rings (SSSR count). The van der Waals surface area contributed by atoms with Crippen LogP contribution < -0.4 is 10.6 Å². The van der Waals surface area contributed by atoms with Crippen molar-refractivity contribution in [2.75, 3.05) is 10.6 Å². The summed E-state index contributed by atoms with van der Waals surface area (Å²) >= 11 is 3.41. The van der Waals surface area contributed by atoms with Gasteiger partial charge < -0.3 is 10.6 Å². The van der Waals surface area contributed by atoms with Crippen molar-refractivity contribution < 1.29 is 9.59 Å². The summed E-state index contributed by atoms with van der Waals surface area (Å²) in [6.45, 7) is 0. The molecule has 23 heavy (non-hydrogen) atoms. The average molecular weight is 372 g/mol. The lowest BCUT2D eigenvalue weighted by Crippen LogP contribution is -2.15. The zero-order chi connectivity index (χ0) is 16.7. The van der Waals surface area contributed by atoms with Crippen LogP contribution in [-0.4, -0.2) is 11.8 Å². The van der Waals surface area contributed by atoms with Crippen LogP contribution >= 0.6 is 15.9 Å². The number of hydrogen-bond donors (Lipinski definition) is 2. The summed E-state index contributed by atoms with van der Waals surface area (Å²) in [5.41, 5.74) is 2.00. The third-order valence-electron chi connectivity index (χ3n) is 2.98. The number of nitrogens with one attached hydrogen (secondary N) is 2. The molecule has 2 N–H and O–H groups in total. The SMILES string of the molecule is N#CCC(=O)Nc1cccc(NC(=O)Cc2ccccc2Br)c1. The van der Waals surface area contributed by atoms with Crippen molar-refractivity contribution in [3.8, 4) is 6.07 Å². The Morgan fingerprint density at radius 3 is 2.30 bits per heavy atom. The first-order valence-corrected chi connectivity index (χ1v) is 7.68. The standard InChI is InChI=1S/C17H14BrN3O2/c18-15-7-2-1-4-12(15)10-17(23)21-14-6-3-5-13(11-14)20-16(22)8-9-19/h1-7,11H,8,10H2,(H,20,22)(H,21,23). The molecule has 5 nitrogen and oxygen atoms in total. The Labute approximate surface area is 142 Å². The van der Waals surface area contributed by atoms with Gasteiger partial charge in [-0.15, -0.1) is 0 Å². The first kappa shape index (κ1) is 16.7. The number of nitrogens with zero attached hydrogens (tertiary/aromatic N) is 1. The number of benzene rings is 2. The molecule has 0 heterocycles. The maximum Gasteiger partial charge on any atom is 0.238 e. The smallest absolute Gasteiger partial charge is 0.238 e. The van der Waals surface area contributed by atoms with Crippen molar-refractivity contribution in [2.45, 2.75) is 12.8 Å². The van der Waals surface area contributed by atoms with Crippen LogP contribution in [0.1, 0.15) is 12.0 Å². The second-order valence-electron chi connectivity index (χ2n) is 4.78. The Kier molecular flexibility index (Phi) is 5.89. The fourth-order valence-electron chi connectivity index (χ4n) is 1.97. The fourth-order valence-corrected chi connectivity index (χ4v) is 2.40. The van der Waals surface area contributed by atoms with E-state index in [1.807, 2.05) is 24.3 Å².